The standard InChI is InChI=1S/C24H27N3O3/c1-18-25-22(19-12-6-4-7-13-19)23(20-14-8-5-9-15-20)26-27(18)17-11-3-2-10-16-21(28)24(29)30/h4-9,12-15,18H,2-3,10-11,16-17H2,1H3,(H,29,30)/p-1. The first-order valence-electron chi connectivity index (χ1n) is 10.3. The van der Waals surface area contributed by atoms with E-state index in [0.717, 1.165) is 48.4 Å². The van der Waals surface area contributed by atoms with Gasteiger partial charge in [0.05, 0.1) is 5.71 Å². The summed E-state index contributed by atoms with van der Waals surface area (Å²) in [6.07, 6.45) is 3.13. The zero-order valence-corrected chi connectivity index (χ0v) is 17.2. The van der Waals surface area contributed by atoms with Crippen LogP contribution in [-0.2, 0) is 9.59 Å². The first-order valence-corrected chi connectivity index (χ1v) is 10.3. The number of rotatable bonds is 10. The molecular formula is C24H26N3O3-. The Morgan fingerprint density at radius 2 is 1.43 bits per heavy atom. The molecule has 0 N–H and O–H groups in total. The lowest BCUT2D eigenvalue weighted by molar-refractivity contribution is -0.300. The third-order valence-electron chi connectivity index (χ3n) is 5.06. The molecule has 0 aromatic heterocycles. The highest BCUT2D eigenvalue weighted by molar-refractivity contribution is 6.53. The Morgan fingerprint density at radius 3 is 2.03 bits per heavy atom. The highest BCUT2D eigenvalue weighted by atomic mass is 16.4. The van der Waals surface area contributed by atoms with Gasteiger partial charge in [0.25, 0.3) is 0 Å². The van der Waals surface area contributed by atoms with E-state index in [0.29, 0.717) is 6.42 Å². The Labute approximate surface area is 176 Å². The first kappa shape index (κ1) is 21.4. The number of carbonyl (C=O) groups is 2. The highest BCUT2D eigenvalue weighted by Gasteiger charge is 2.24. The average molecular weight is 404 g/mol. The largest absolute Gasteiger partial charge is 0.542 e. The quantitative estimate of drug-likeness (QED) is 0.450. The minimum absolute atomic E-state index is 0.0451. The van der Waals surface area contributed by atoms with Crippen molar-refractivity contribution in [1.82, 2.24) is 5.01 Å². The molecule has 0 fully saturated rings. The van der Waals surface area contributed by atoms with Crippen LogP contribution in [0.1, 0.15) is 50.2 Å². The molecule has 0 saturated heterocycles. The normalized spacial score (nSPS) is 16.0. The molecule has 156 valence electrons. The SMILES string of the molecule is CC1N=C(c2ccccc2)C(c2ccccc2)=NN1CCCCCCC(=O)C(=O)[O-]. The molecule has 1 heterocycles. The number of carboxylic acids is 1. The zero-order valence-electron chi connectivity index (χ0n) is 17.2. The first-order chi connectivity index (χ1) is 14.6. The van der Waals surface area contributed by atoms with Crippen LogP contribution in [0.4, 0.5) is 0 Å². The van der Waals surface area contributed by atoms with Gasteiger partial charge in [-0.05, 0) is 19.8 Å². The maximum Gasteiger partial charge on any atom is 0.178 e. The van der Waals surface area contributed by atoms with Crippen molar-refractivity contribution >= 4 is 23.2 Å². The summed E-state index contributed by atoms with van der Waals surface area (Å²) < 4.78 is 0. The molecule has 1 aliphatic rings. The third-order valence-corrected chi connectivity index (χ3v) is 5.06. The molecule has 2 aromatic rings. The smallest absolute Gasteiger partial charge is 0.178 e. The Kier molecular flexibility index (Phi) is 7.49. The van der Waals surface area contributed by atoms with Crippen LogP contribution in [0.3, 0.4) is 0 Å². The topological polar surface area (TPSA) is 85.2 Å². The molecular weight excluding hydrogens is 378 g/mol. The van der Waals surface area contributed by atoms with Crippen molar-refractivity contribution < 1.29 is 14.7 Å². The van der Waals surface area contributed by atoms with Gasteiger partial charge in [-0.1, -0.05) is 73.5 Å². The fourth-order valence-corrected chi connectivity index (χ4v) is 3.42. The van der Waals surface area contributed by atoms with Crippen LogP contribution in [0.5, 0.6) is 0 Å². The number of hydrogen-bond donors (Lipinski definition) is 0. The number of hydrogen-bond acceptors (Lipinski definition) is 6. The van der Waals surface area contributed by atoms with E-state index in [9.17, 15) is 14.7 Å². The second-order valence-electron chi connectivity index (χ2n) is 7.33. The summed E-state index contributed by atoms with van der Waals surface area (Å²) in [7, 11) is 0. The molecule has 1 unspecified atom stereocenters. The Bertz CT molecular complexity index is 923. The van der Waals surface area contributed by atoms with Gasteiger partial charge in [-0.15, -0.1) is 0 Å². The van der Waals surface area contributed by atoms with Crippen LogP contribution in [-0.4, -0.2) is 40.9 Å². The van der Waals surface area contributed by atoms with Crippen molar-refractivity contribution in [3.63, 3.8) is 0 Å². The van der Waals surface area contributed by atoms with Gasteiger partial charge in [-0.25, -0.2) is 0 Å². The van der Waals surface area contributed by atoms with Gasteiger partial charge in [0.1, 0.15) is 17.8 Å². The van der Waals surface area contributed by atoms with Crippen LogP contribution in [0.25, 0.3) is 0 Å². The summed E-state index contributed by atoms with van der Waals surface area (Å²) >= 11 is 0. The number of ketones is 1. The van der Waals surface area contributed by atoms with Crippen molar-refractivity contribution in [3.8, 4) is 0 Å². The van der Waals surface area contributed by atoms with Crippen LogP contribution in [0, 0.1) is 0 Å². The van der Waals surface area contributed by atoms with Crippen molar-refractivity contribution in [1.29, 1.82) is 0 Å². The van der Waals surface area contributed by atoms with E-state index >= 15 is 0 Å². The maximum atomic E-state index is 11.1. The minimum atomic E-state index is -1.59. The lowest BCUT2D eigenvalue weighted by atomic mass is 9.99. The third kappa shape index (κ3) is 5.63. The molecule has 6 heteroatoms. The van der Waals surface area contributed by atoms with E-state index < -0.39 is 11.8 Å². The van der Waals surface area contributed by atoms with E-state index in [-0.39, 0.29) is 12.6 Å². The molecule has 0 bridgehead atoms. The molecule has 1 atom stereocenters. The molecule has 3 rings (SSSR count). The van der Waals surface area contributed by atoms with Crippen LogP contribution in [0.2, 0.25) is 0 Å². The van der Waals surface area contributed by atoms with Gasteiger partial charge in [-0.3, -0.25) is 14.8 Å². The molecule has 0 radical (unpaired) electrons. The summed E-state index contributed by atoms with van der Waals surface area (Å²) in [5.41, 5.74) is 3.83. The number of aliphatic carboxylic acids is 1. The van der Waals surface area contributed by atoms with E-state index in [1.807, 2.05) is 72.6 Å². The second-order valence-corrected chi connectivity index (χ2v) is 7.33. The number of benzene rings is 2. The Hall–Kier alpha value is -3.28. The number of Topliss-reactive ketones (excluding diaryl/α,β-unsaturated/α-hetero) is 1. The number of nitrogens with zero attached hydrogens (tertiary/aromatic N) is 3. The Morgan fingerprint density at radius 1 is 0.867 bits per heavy atom. The van der Waals surface area contributed by atoms with E-state index in [4.69, 9.17) is 10.1 Å². The summed E-state index contributed by atoms with van der Waals surface area (Å²) in [5.74, 6) is -2.41. The Balaban J connectivity index is 1.65. The lowest BCUT2D eigenvalue weighted by Crippen LogP contribution is -2.37. The number of aliphatic imine (C=N–C) groups is 1. The maximum absolute atomic E-state index is 11.1. The lowest BCUT2D eigenvalue weighted by Gasteiger charge is -2.30. The average Bonchev–Trinajstić information content (AvgIpc) is 2.77. The molecule has 0 aliphatic carbocycles. The molecule has 0 amide bonds. The van der Waals surface area contributed by atoms with Gasteiger partial charge in [0.15, 0.2) is 5.78 Å². The molecule has 0 saturated carbocycles. The number of unbranched alkanes of at least 4 members (excludes halogenated alkanes) is 3. The monoisotopic (exact) mass is 404 g/mol. The summed E-state index contributed by atoms with van der Waals surface area (Å²) in [6, 6.07) is 20.2. The van der Waals surface area contributed by atoms with Crippen molar-refractivity contribution in [2.24, 2.45) is 10.1 Å². The molecule has 0 spiro atoms. The molecule has 30 heavy (non-hydrogen) atoms. The van der Waals surface area contributed by atoms with Crippen LogP contribution < -0.4 is 5.11 Å². The van der Waals surface area contributed by atoms with Crippen molar-refractivity contribution in [3.05, 3.63) is 71.8 Å². The number of hydrazone groups is 1. The molecule has 2 aromatic carbocycles. The molecule has 1 aliphatic heterocycles. The van der Waals surface area contributed by atoms with E-state index in [1.165, 1.54) is 0 Å². The minimum Gasteiger partial charge on any atom is -0.542 e. The van der Waals surface area contributed by atoms with Gasteiger partial charge in [0, 0.05) is 24.1 Å². The number of carbonyl (C=O) groups excluding carboxylic acids is 2. The van der Waals surface area contributed by atoms with Gasteiger partial charge >= 0.3 is 0 Å². The van der Waals surface area contributed by atoms with E-state index in [1.54, 1.807) is 0 Å². The predicted octanol–water partition coefficient (Wildman–Crippen LogP) is 2.81. The predicted molar refractivity (Wildman–Crippen MR) is 115 cm³/mol. The highest BCUT2D eigenvalue weighted by Crippen LogP contribution is 2.19. The fraction of sp³-hybridized carbons (Fsp3) is 0.333. The number of carboxylic acid groups (broad SMARTS) is 1. The summed E-state index contributed by atoms with van der Waals surface area (Å²) in [6.45, 7) is 2.78. The zero-order chi connectivity index (χ0) is 21.3. The van der Waals surface area contributed by atoms with Crippen LogP contribution in [0.15, 0.2) is 70.8 Å². The van der Waals surface area contributed by atoms with E-state index in [2.05, 4.69) is 0 Å². The van der Waals surface area contributed by atoms with Crippen molar-refractivity contribution in [2.75, 3.05) is 6.54 Å². The summed E-state index contributed by atoms with van der Waals surface area (Å²) in [4.78, 5) is 26.5. The second kappa shape index (κ2) is 10.5. The fourth-order valence-electron chi connectivity index (χ4n) is 3.42. The van der Waals surface area contributed by atoms with Crippen LogP contribution >= 0.6 is 0 Å². The summed E-state index contributed by atoms with van der Waals surface area (Å²) in [5, 5.41) is 17.4. The van der Waals surface area contributed by atoms with Gasteiger partial charge in [0.2, 0.25) is 0 Å². The van der Waals surface area contributed by atoms with Gasteiger partial charge < -0.3 is 9.90 Å². The van der Waals surface area contributed by atoms with Crippen molar-refractivity contribution in [2.45, 2.75) is 45.2 Å². The molecule has 6 nitrogen and oxygen atoms in total. The van der Waals surface area contributed by atoms with Gasteiger partial charge in [-0.2, -0.15) is 5.10 Å².